The maximum absolute atomic E-state index is 4.32. The van der Waals surface area contributed by atoms with Crippen LogP contribution in [-0.2, 0) is 6.42 Å². The Hall–Kier alpha value is -2.02. The zero-order valence-corrected chi connectivity index (χ0v) is 20.4. The molecule has 0 fully saturated rings. The van der Waals surface area contributed by atoms with Crippen LogP contribution >= 0.6 is 0 Å². The van der Waals surface area contributed by atoms with Crippen LogP contribution in [0, 0.1) is 5.92 Å². The lowest BCUT2D eigenvalue weighted by molar-refractivity contribution is 0.347. The van der Waals surface area contributed by atoms with Gasteiger partial charge in [0.25, 0.3) is 0 Å². The van der Waals surface area contributed by atoms with Gasteiger partial charge in [0, 0.05) is 18.3 Å². The molecule has 2 rings (SSSR count). The minimum Gasteiger partial charge on any atom is -0.365 e. The third-order valence-electron chi connectivity index (χ3n) is 6.72. The van der Waals surface area contributed by atoms with E-state index in [4.69, 9.17) is 0 Å². The first kappa shape index (κ1) is 25.2. The number of anilines is 1. The summed E-state index contributed by atoms with van der Waals surface area (Å²) in [5.74, 6) is 0.749. The third kappa shape index (κ3) is 9.33. The summed E-state index contributed by atoms with van der Waals surface area (Å²) in [6, 6.07) is 22.4. The van der Waals surface area contributed by atoms with Crippen molar-refractivity contribution >= 4 is 5.69 Å². The summed E-state index contributed by atoms with van der Waals surface area (Å²) in [6.07, 6.45) is 12.9. The van der Waals surface area contributed by atoms with E-state index in [1.165, 1.54) is 74.6 Å². The van der Waals surface area contributed by atoms with Crippen LogP contribution in [0.5, 0.6) is 0 Å². The van der Waals surface area contributed by atoms with Crippen molar-refractivity contribution in [1.82, 2.24) is 0 Å². The molecule has 0 N–H and O–H groups in total. The summed E-state index contributed by atoms with van der Waals surface area (Å²) in [6.45, 7) is 12.3. The lowest BCUT2D eigenvalue weighted by atomic mass is 9.87. The molecule has 0 radical (unpaired) electrons. The first-order valence-electron chi connectivity index (χ1n) is 12.7. The van der Waals surface area contributed by atoms with Crippen molar-refractivity contribution in [2.45, 2.75) is 91.0 Å². The van der Waals surface area contributed by atoms with Gasteiger partial charge < -0.3 is 4.90 Å². The summed E-state index contributed by atoms with van der Waals surface area (Å²) >= 11 is 0. The number of nitrogens with zero attached hydrogens (tertiary/aromatic N) is 1. The normalized spacial score (nSPS) is 13.0. The molecule has 0 aliphatic heterocycles. The third-order valence-corrected chi connectivity index (χ3v) is 6.72. The lowest BCUT2D eigenvalue weighted by Gasteiger charge is -2.37. The monoisotopic (exact) mass is 419 g/mol. The van der Waals surface area contributed by atoms with Gasteiger partial charge in [-0.3, -0.25) is 0 Å². The molecule has 0 aliphatic rings. The van der Waals surface area contributed by atoms with E-state index in [-0.39, 0.29) is 0 Å². The Balaban J connectivity index is 1.90. The molecule has 0 amide bonds. The molecule has 0 saturated heterocycles. The zero-order chi connectivity index (χ0) is 22.3. The second-order valence-electron chi connectivity index (χ2n) is 9.15. The van der Waals surface area contributed by atoms with Crippen molar-refractivity contribution in [3.63, 3.8) is 0 Å². The highest BCUT2D eigenvalue weighted by Gasteiger charge is 2.23. The van der Waals surface area contributed by atoms with Gasteiger partial charge in [-0.2, -0.15) is 0 Å². The van der Waals surface area contributed by atoms with Gasteiger partial charge in [0.1, 0.15) is 0 Å². The number of aryl methyl sites for hydroxylation is 1. The molecule has 2 atom stereocenters. The Labute approximate surface area is 192 Å². The average Bonchev–Trinajstić information content (AvgIpc) is 2.82. The van der Waals surface area contributed by atoms with Crippen molar-refractivity contribution in [2.75, 3.05) is 11.4 Å². The van der Waals surface area contributed by atoms with Crippen LogP contribution < -0.4 is 4.90 Å². The van der Waals surface area contributed by atoms with Crippen LogP contribution in [0.4, 0.5) is 5.69 Å². The summed E-state index contributed by atoms with van der Waals surface area (Å²) in [5.41, 5.74) is 4.14. The second-order valence-corrected chi connectivity index (χ2v) is 9.15. The van der Waals surface area contributed by atoms with E-state index in [1.807, 2.05) is 0 Å². The fourth-order valence-corrected chi connectivity index (χ4v) is 4.52. The topological polar surface area (TPSA) is 3.24 Å². The van der Waals surface area contributed by atoms with Gasteiger partial charge in [-0.1, -0.05) is 107 Å². The van der Waals surface area contributed by atoms with Gasteiger partial charge in [0.15, 0.2) is 0 Å². The maximum atomic E-state index is 4.32. The van der Waals surface area contributed by atoms with Crippen molar-refractivity contribution in [2.24, 2.45) is 5.92 Å². The molecular formula is C30H45N. The predicted octanol–water partition coefficient (Wildman–Crippen LogP) is 8.85. The van der Waals surface area contributed by atoms with E-state index in [9.17, 15) is 0 Å². The van der Waals surface area contributed by atoms with Crippen molar-refractivity contribution in [1.29, 1.82) is 0 Å². The lowest BCUT2D eigenvalue weighted by Crippen LogP contribution is -2.40. The number of para-hydroxylation sites is 1. The SMILES string of the molecule is C=C(CC)CN(c1ccccc1)[C@H](C)C(CCCC)CCCCCCc1ccccc1. The molecule has 0 aromatic heterocycles. The van der Waals surface area contributed by atoms with Crippen LogP contribution in [-0.4, -0.2) is 12.6 Å². The van der Waals surface area contributed by atoms with Gasteiger partial charge in [0.2, 0.25) is 0 Å². The standard InChI is InChI=1S/C30H45N/c1-5-7-21-29(22-15-9-8-12-18-28-19-13-10-14-20-28)27(4)31(25-26(3)6-2)30-23-16-11-17-24-30/h10-11,13-14,16-17,19-20,23-24,27,29H,3,5-9,12,15,18,21-22,25H2,1-2,4H3/t27-,29?/m1/s1. The van der Waals surface area contributed by atoms with Crippen LogP contribution in [0.25, 0.3) is 0 Å². The molecule has 2 aromatic carbocycles. The van der Waals surface area contributed by atoms with Crippen LogP contribution in [0.1, 0.15) is 84.1 Å². The van der Waals surface area contributed by atoms with Crippen LogP contribution in [0.2, 0.25) is 0 Å². The Bertz CT molecular complexity index is 706. The quantitative estimate of drug-likeness (QED) is 0.194. The van der Waals surface area contributed by atoms with E-state index >= 15 is 0 Å². The van der Waals surface area contributed by atoms with Crippen LogP contribution in [0.15, 0.2) is 72.8 Å². The summed E-state index contributed by atoms with van der Waals surface area (Å²) in [5, 5.41) is 0. The first-order valence-corrected chi connectivity index (χ1v) is 12.7. The van der Waals surface area contributed by atoms with Gasteiger partial charge in [-0.25, -0.2) is 0 Å². The number of rotatable bonds is 16. The summed E-state index contributed by atoms with van der Waals surface area (Å²) in [4.78, 5) is 2.61. The number of benzene rings is 2. The molecule has 0 heterocycles. The summed E-state index contributed by atoms with van der Waals surface area (Å²) < 4.78 is 0. The largest absolute Gasteiger partial charge is 0.365 e. The first-order chi connectivity index (χ1) is 15.2. The van der Waals surface area contributed by atoms with E-state index in [1.54, 1.807) is 0 Å². The molecule has 2 aromatic rings. The average molecular weight is 420 g/mol. The Morgan fingerprint density at radius 3 is 2.06 bits per heavy atom. The molecule has 1 nitrogen and oxygen atoms in total. The smallest absolute Gasteiger partial charge is 0.0389 e. The number of unbranched alkanes of at least 4 members (excludes halogenated alkanes) is 4. The van der Waals surface area contributed by atoms with E-state index in [2.05, 4.69) is 92.9 Å². The van der Waals surface area contributed by atoms with Crippen molar-refractivity contribution < 1.29 is 0 Å². The number of hydrogen-bond donors (Lipinski definition) is 0. The van der Waals surface area contributed by atoms with E-state index < -0.39 is 0 Å². The van der Waals surface area contributed by atoms with Crippen LogP contribution in [0.3, 0.4) is 0 Å². The van der Waals surface area contributed by atoms with Gasteiger partial charge in [-0.05, 0) is 62.6 Å². The van der Waals surface area contributed by atoms with Crippen molar-refractivity contribution in [3.8, 4) is 0 Å². The molecule has 0 bridgehead atoms. The highest BCUT2D eigenvalue weighted by Crippen LogP contribution is 2.29. The molecule has 0 saturated carbocycles. The fraction of sp³-hybridized carbons (Fsp3) is 0.533. The molecule has 0 aliphatic carbocycles. The van der Waals surface area contributed by atoms with E-state index in [0.29, 0.717) is 6.04 Å². The molecule has 31 heavy (non-hydrogen) atoms. The Kier molecular flexibility index (Phi) is 12.1. The molecule has 170 valence electrons. The molecule has 1 heteroatoms. The van der Waals surface area contributed by atoms with E-state index in [0.717, 1.165) is 18.9 Å². The van der Waals surface area contributed by atoms with Gasteiger partial charge in [-0.15, -0.1) is 0 Å². The molecule has 0 spiro atoms. The minimum absolute atomic E-state index is 0.543. The van der Waals surface area contributed by atoms with Gasteiger partial charge in [0.05, 0.1) is 0 Å². The molecular weight excluding hydrogens is 374 g/mol. The van der Waals surface area contributed by atoms with Gasteiger partial charge >= 0.3 is 0 Å². The highest BCUT2D eigenvalue weighted by molar-refractivity contribution is 5.48. The zero-order valence-electron chi connectivity index (χ0n) is 20.4. The molecule has 1 unspecified atom stereocenters. The highest BCUT2D eigenvalue weighted by atomic mass is 15.2. The Morgan fingerprint density at radius 1 is 0.806 bits per heavy atom. The van der Waals surface area contributed by atoms with Crippen molar-refractivity contribution in [3.05, 3.63) is 78.4 Å². The second kappa shape index (κ2) is 14.9. The Morgan fingerprint density at radius 2 is 1.42 bits per heavy atom. The predicted molar refractivity (Wildman–Crippen MR) is 139 cm³/mol. The summed E-state index contributed by atoms with van der Waals surface area (Å²) in [7, 11) is 0. The maximum Gasteiger partial charge on any atom is 0.0389 e. The number of hydrogen-bond acceptors (Lipinski definition) is 1. The minimum atomic E-state index is 0.543. The fourth-order valence-electron chi connectivity index (χ4n) is 4.52.